The van der Waals surface area contributed by atoms with Crippen LogP contribution in [-0.4, -0.2) is 19.1 Å². The second-order valence-electron chi connectivity index (χ2n) is 11.8. The summed E-state index contributed by atoms with van der Waals surface area (Å²) in [6, 6.07) is 50.4. The molecule has 0 saturated carbocycles. The van der Waals surface area contributed by atoms with E-state index in [0.29, 0.717) is 11.5 Å². The van der Waals surface area contributed by atoms with E-state index >= 15 is 0 Å². The number of pyridine rings is 1. The van der Waals surface area contributed by atoms with Crippen molar-refractivity contribution in [1.29, 1.82) is 0 Å². The van der Waals surface area contributed by atoms with Gasteiger partial charge in [-0.1, -0.05) is 92.2 Å². The van der Waals surface area contributed by atoms with Gasteiger partial charge in [-0.3, -0.25) is 4.98 Å². The van der Waals surface area contributed by atoms with Crippen molar-refractivity contribution in [2.45, 2.75) is 19.3 Å². The van der Waals surface area contributed by atoms with Crippen molar-refractivity contribution in [2.75, 3.05) is 0 Å². The van der Waals surface area contributed by atoms with Crippen molar-refractivity contribution in [3.05, 3.63) is 169 Å². The van der Waals surface area contributed by atoms with Crippen LogP contribution in [0.25, 0.3) is 44.7 Å². The van der Waals surface area contributed by atoms with Crippen LogP contribution in [0, 0.1) is 12.1 Å². The van der Waals surface area contributed by atoms with E-state index < -0.39 is 0 Å². The first-order valence-corrected chi connectivity index (χ1v) is 15.3. The molecule has 0 fully saturated rings. The van der Waals surface area contributed by atoms with Crippen LogP contribution in [0.5, 0.6) is 11.5 Å². The summed E-state index contributed by atoms with van der Waals surface area (Å²) in [4.78, 5) is 9.49. The Morgan fingerprint density at radius 1 is 0.638 bits per heavy atom. The van der Waals surface area contributed by atoms with E-state index in [1.54, 1.807) is 6.20 Å². The number of benzene rings is 5. The third-order valence-electron chi connectivity index (χ3n) is 8.65. The van der Waals surface area contributed by atoms with Gasteiger partial charge in [-0.05, 0) is 46.8 Å². The number of aromatic nitrogens is 4. The standard InChI is InChI=1S/C41H30N4O.Pt/c1-41(2,30-13-5-3-6-14-30)31-22-23-42-39(27-31)45-37-19-10-9-18-35(37)36-21-20-34(28-38(36)45)46-33-17-11-12-29(26-33)40-43-24-25-44(40)32-15-7-4-8-16-32;/h3-25,27H,1-2H3;/q-2;+2. The molecule has 0 spiro atoms. The van der Waals surface area contributed by atoms with E-state index in [4.69, 9.17) is 9.72 Å². The van der Waals surface area contributed by atoms with Gasteiger partial charge >= 0.3 is 21.1 Å². The predicted molar refractivity (Wildman–Crippen MR) is 184 cm³/mol. The van der Waals surface area contributed by atoms with E-state index in [-0.39, 0.29) is 26.5 Å². The first kappa shape index (κ1) is 30.4. The SMILES string of the molecule is CC(C)(c1ccccc1)c1ccnc(-n2c3[c-]c(Oc4[c-]c(-c5nccn5-c5ccccc5)ccc4)ccc3c3ccccc32)c1.[Pt+2]. The van der Waals surface area contributed by atoms with Crippen molar-refractivity contribution in [3.8, 4) is 34.4 Å². The summed E-state index contributed by atoms with van der Waals surface area (Å²) in [5.41, 5.74) is 6.07. The molecule has 0 bridgehead atoms. The molecule has 0 radical (unpaired) electrons. The number of rotatable bonds is 7. The van der Waals surface area contributed by atoms with Crippen LogP contribution >= 0.6 is 0 Å². The molecule has 5 aromatic carbocycles. The molecule has 0 amide bonds. The molecule has 5 nitrogen and oxygen atoms in total. The maximum atomic E-state index is 6.41. The fourth-order valence-corrected chi connectivity index (χ4v) is 6.18. The third-order valence-corrected chi connectivity index (χ3v) is 8.65. The molecule has 8 rings (SSSR count). The minimum atomic E-state index is -0.203. The smallest absolute Gasteiger partial charge is 0.503 e. The molecule has 0 aliphatic heterocycles. The molecule has 230 valence electrons. The molecule has 3 aromatic heterocycles. The maximum Gasteiger partial charge on any atom is 2.00 e. The topological polar surface area (TPSA) is 44.9 Å². The van der Waals surface area contributed by atoms with E-state index in [1.807, 2.05) is 59.4 Å². The number of nitrogens with zero attached hydrogens (tertiary/aromatic N) is 4. The molecule has 47 heavy (non-hydrogen) atoms. The average Bonchev–Trinajstić information content (AvgIpc) is 3.73. The molecule has 0 N–H and O–H groups in total. The average molecular weight is 790 g/mol. The second kappa shape index (κ2) is 12.5. The van der Waals surface area contributed by atoms with Gasteiger partial charge < -0.3 is 13.9 Å². The number of hydrogen-bond acceptors (Lipinski definition) is 3. The Labute approximate surface area is 288 Å². The Morgan fingerprint density at radius 2 is 1.38 bits per heavy atom. The van der Waals surface area contributed by atoms with Gasteiger partial charge in [-0.25, -0.2) is 4.98 Å². The van der Waals surface area contributed by atoms with Crippen LogP contribution in [0.15, 0.2) is 146 Å². The monoisotopic (exact) mass is 789 g/mol. The van der Waals surface area contributed by atoms with Crippen LogP contribution < -0.4 is 4.74 Å². The zero-order valence-corrected chi connectivity index (χ0v) is 28.1. The number of hydrogen-bond donors (Lipinski definition) is 0. The van der Waals surface area contributed by atoms with Crippen LogP contribution in [0.4, 0.5) is 0 Å². The fraction of sp³-hybridized carbons (Fsp3) is 0.0732. The number of ether oxygens (including phenoxy) is 1. The molecule has 0 atom stereocenters. The van der Waals surface area contributed by atoms with Gasteiger partial charge in [0.1, 0.15) is 5.82 Å². The zero-order valence-electron chi connectivity index (χ0n) is 25.9. The molecule has 8 aromatic rings. The van der Waals surface area contributed by atoms with Gasteiger partial charge in [0.15, 0.2) is 0 Å². The van der Waals surface area contributed by atoms with Crippen molar-refractivity contribution in [2.24, 2.45) is 0 Å². The molecule has 0 aliphatic carbocycles. The summed E-state index contributed by atoms with van der Waals surface area (Å²) < 4.78 is 10.6. The molecule has 0 saturated heterocycles. The predicted octanol–water partition coefficient (Wildman–Crippen LogP) is 9.75. The van der Waals surface area contributed by atoms with E-state index in [2.05, 4.69) is 120 Å². The van der Waals surface area contributed by atoms with Crippen LogP contribution in [-0.2, 0) is 26.5 Å². The summed E-state index contributed by atoms with van der Waals surface area (Å²) in [5, 5.41) is 2.22. The van der Waals surface area contributed by atoms with Gasteiger partial charge in [0.25, 0.3) is 0 Å². The van der Waals surface area contributed by atoms with Crippen LogP contribution in [0.3, 0.4) is 0 Å². The summed E-state index contributed by atoms with van der Waals surface area (Å²) in [6.07, 6.45) is 5.65. The number of fused-ring (bicyclic) bond motifs is 3. The Kier molecular flexibility index (Phi) is 8.09. The minimum Gasteiger partial charge on any atom is -0.503 e. The van der Waals surface area contributed by atoms with E-state index in [0.717, 1.165) is 44.7 Å². The van der Waals surface area contributed by atoms with Gasteiger partial charge in [0, 0.05) is 46.7 Å². The van der Waals surface area contributed by atoms with Gasteiger partial charge in [-0.2, -0.15) is 6.07 Å². The van der Waals surface area contributed by atoms with Crippen molar-refractivity contribution >= 4 is 21.8 Å². The molecule has 0 unspecified atom stereocenters. The summed E-state index contributed by atoms with van der Waals surface area (Å²) in [5.74, 6) is 2.81. The van der Waals surface area contributed by atoms with Crippen molar-refractivity contribution in [3.63, 3.8) is 0 Å². The first-order chi connectivity index (χ1) is 22.6. The number of para-hydroxylation sites is 2. The summed E-state index contributed by atoms with van der Waals surface area (Å²) in [7, 11) is 0. The Hall–Kier alpha value is -5.25. The quantitative estimate of drug-likeness (QED) is 0.151. The van der Waals surface area contributed by atoms with Gasteiger partial charge in [0.05, 0.1) is 5.82 Å². The van der Waals surface area contributed by atoms with Crippen molar-refractivity contribution < 1.29 is 25.8 Å². The number of imidazole rings is 1. The molecule has 3 heterocycles. The van der Waals surface area contributed by atoms with Crippen LogP contribution in [0.2, 0.25) is 0 Å². The Bertz CT molecular complexity index is 2320. The van der Waals surface area contributed by atoms with Crippen LogP contribution in [0.1, 0.15) is 25.0 Å². The second-order valence-corrected chi connectivity index (χ2v) is 11.8. The maximum absolute atomic E-state index is 6.41. The zero-order chi connectivity index (χ0) is 31.1. The minimum absolute atomic E-state index is 0. The molecule has 6 heteroatoms. The fourth-order valence-electron chi connectivity index (χ4n) is 6.18. The van der Waals surface area contributed by atoms with E-state index in [9.17, 15) is 0 Å². The first-order valence-electron chi connectivity index (χ1n) is 15.3. The third kappa shape index (κ3) is 5.58. The largest absolute Gasteiger partial charge is 2.00 e. The molecular weight excluding hydrogens is 760 g/mol. The normalized spacial score (nSPS) is 11.4. The summed E-state index contributed by atoms with van der Waals surface area (Å²) >= 11 is 0. The molecular formula is C41H30N4OPt. The Balaban J connectivity index is 0.00000351. The molecule has 0 aliphatic rings. The van der Waals surface area contributed by atoms with Gasteiger partial charge in [-0.15, -0.1) is 41.3 Å². The van der Waals surface area contributed by atoms with Gasteiger partial charge in [0.2, 0.25) is 0 Å². The summed E-state index contributed by atoms with van der Waals surface area (Å²) in [6.45, 7) is 4.50. The Morgan fingerprint density at radius 3 is 2.21 bits per heavy atom. The van der Waals surface area contributed by atoms with E-state index in [1.165, 1.54) is 11.1 Å². The van der Waals surface area contributed by atoms with Crippen molar-refractivity contribution in [1.82, 2.24) is 19.1 Å².